The SMILES string of the molecule is CC(C)(NC(=O)c1c(O)c2cccnc2n(Cc2ccc(C(F)(F)F)cc2)c1=O)C(=O)O. The van der Waals surface area contributed by atoms with Crippen molar-refractivity contribution in [2.24, 2.45) is 0 Å². The van der Waals surface area contributed by atoms with Crippen LogP contribution in [0.1, 0.15) is 35.3 Å². The molecule has 3 N–H and O–H groups in total. The Morgan fingerprint density at radius 2 is 1.75 bits per heavy atom. The monoisotopic (exact) mass is 449 g/mol. The Bertz CT molecular complexity index is 1260. The van der Waals surface area contributed by atoms with Crippen LogP contribution in [0.15, 0.2) is 47.4 Å². The molecule has 0 aliphatic carbocycles. The van der Waals surface area contributed by atoms with Gasteiger partial charge in [0, 0.05) is 6.20 Å². The highest BCUT2D eigenvalue weighted by atomic mass is 19.4. The van der Waals surface area contributed by atoms with Gasteiger partial charge in [0.2, 0.25) is 0 Å². The van der Waals surface area contributed by atoms with Crippen molar-refractivity contribution in [1.82, 2.24) is 14.9 Å². The van der Waals surface area contributed by atoms with Gasteiger partial charge in [-0.25, -0.2) is 9.78 Å². The maximum absolute atomic E-state index is 13.1. The van der Waals surface area contributed by atoms with Gasteiger partial charge in [0.1, 0.15) is 22.5 Å². The van der Waals surface area contributed by atoms with Crippen LogP contribution in [0.3, 0.4) is 0 Å². The predicted molar refractivity (Wildman–Crippen MR) is 107 cm³/mol. The molecule has 1 aromatic carbocycles. The van der Waals surface area contributed by atoms with Crippen molar-refractivity contribution in [1.29, 1.82) is 0 Å². The Balaban J connectivity index is 2.13. The lowest BCUT2D eigenvalue weighted by Gasteiger charge is -2.22. The topological polar surface area (TPSA) is 122 Å². The molecule has 0 atom stereocenters. The summed E-state index contributed by atoms with van der Waals surface area (Å²) < 4.78 is 39.5. The molecule has 0 saturated carbocycles. The fraction of sp³-hybridized carbons (Fsp3) is 0.238. The molecular formula is C21H18F3N3O5. The Labute approximate surface area is 178 Å². The number of halogens is 3. The van der Waals surface area contributed by atoms with Crippen LogP contribution >= 0.6 is 0 Å². The predicted octanol–water partition coefficient (Wildman–Crippen LogP) is 2.76. The van der Waals surface area contributed by atoms with Gasteiger partial charge >= 0.3 is 12.1 Å². The number of carbonyl (C=O) groups excluding carboxylic acids is 1. The third-order valence-electron chi connectivity index (χ3n) is 4.80. The van der Waals surface area contributed by atoms with Gasteiger partial charge in [0.25, 0.3) is 11.5 Å². The number of nitrogens with zero attached hydrogens (tertiary/aromatic N) is 2. The van der Waals surface area contributed by atoms with Crippen molar-refractivity contribution in [3.05, 3.63) is 69.6 Å². The zero-order chi connectivity index (χ0) is 23.8. The molecular weight excluding hydrogens is 431 g/mol. The van der Waals surface area contributed by atoms with E-state index in [0.29, 0.717) is 5.56 Å². The molecule has 32 heavy (non-hydrogen) atoms. The number of carboxylic acids is 1. The summed E-state index contributed by atoms with van der Waals surface area (Å²) >= 11 is 0. The minimum absolute atomic E-state index is 0.00365. The Morgan fingerprint density at radius 1 is 1.12 bits per heavy atom. The lowest BCUT2D eigenvalue weighted by atomic mass is 10.0. The number of aromatic hydroxyl groups is 1. The summed E-state index contributed by atoms with van der Waals surface area (Å²) in [6, 6.07) is 6.95. The molecule has 11 heteroatoms. The van der Waals surface area contributed by atoms with Crippen LogP contribution in [0.2, 0.25) is 0 Å². The third kappa shape index (κ3) is 4.27. The number of carboxylic acid groups (broad SMARTS) is 1. The highest BCUT2D eigenvalue weighted by Crippen LogP contribution is 2.30. The van der Waals surface area contributed by atoms with E-state index < -0.39 is 46.0 Å². The first-order valence-corrected chi connectivity index (χ1v) is 9.25. The van der Waals surface area contributed by atoms with E-state index in [1.165, 1.54) is 44.3 Å². The molecule has 0 aliphatic heterocycles. The van der Waals surface area contributed by atoms with Crippen molar-refractivity contribution in [2.45, 2.75) is 32.1 Å². The van der Waals surface area contributed by atoms with Crippen LogP contribution in [-0.2, 0) is 17.5 Å². The summed E-state index contributed by atoms with van der Waals surface area (Å²) in [6.07, 6.45) is -3.18. The number of hydrogen-bond donors (Lipinski definition) is 3. The van der Waals surface area contributed by atoms with Gasteiger partial charge in [-0.05, 0) is 43.7 Å². The van der Waals surface area contributed by atoms with Crippen molar-refractivity contribution in [3.8, 4) is 5.75 Å². The minimum atomic E-state index is -4.52. The van der Waals surface area contributed by atoms with E-state index in [0.717, 1.165) is 16.7 Å². The van der Waals surface area contributed by atoms with Crippen LogP contribution in [0, 0.1) is 0 Å². The molecule has 0 spiro atoms. The molecule has 0 radical (unpaired) electrons. The fourth-order valence-corrected chi connectivity index (χ4v) is 3.00. The zero-order valence-electron chi connectivity index (χ0n) is 16.9. The number of nitrogens with one attached hydrogen (secondary N) is 1. The van der Waals surface area contributed by atoms with Gasteiger partial charge in [0.15, 0.2) is 0 Å². The number of amides is 1. The lowest BCUT2D eigenvalue weighted by Crippen LogP contribution is -2.51. The Morgan fingerprint density at radius 3 is 2.31 bits per heavy atom. The number of alkyl halides is 3. The van der Waals surface area contributed by atoms with Gasteiger partial charge in [-0.1, -0.05) is 12.1 Å². The lowest BCUT2D eigenvalue weighted by molar-refractivity contribution is -0.143. The highest BCUT2D eigenvalue weighted by Gasteiger charge is 2.33. The molecule has 3 rings (SSSR count). The average molecular weight is 449 g/mol. The smallest absolute Gasteiger partial charge is 0.416 e. The highest BCUT2D eigenvalue weighted by molar-refractivity contribution is 6.03. The molecule has 2 aromatic heterocycles. The van der Waals surface area contributed by atoms with Crippen LogP contribution in [0.4, 0.5) is 13.2 Å². The zero-order valence-corrected chi connectivity index (χ0v) is 16.9. The quantitative estimate of drug-likeness (QED) is 0.551. The van der Waals surface area contributed by atoms with Crippen LogP contribution < -0.4 is 10.9 Å². The normalized spacial score (nSPS) is 12.0. The van der Waals surface area contributed by atoms with Gasteiger partial charge in [-0.2, -0.15) is 13.2 Å². The molecule has 168 valence electrons. The van der Waals surface area contributed by atoms with Gasteiger partial charge in [0.05, 0.1) is 17.5 Å². The van der Waals surface area contributed by atoms with Gasteiger partial charge < -0.3 is 15.5 Å². The summed E-state index contributed by atoms with van der Waals surface area (Å²) in [5, 5.41) is 22.0. The van der Waals surface area contributed by atoms with Gasteiger partial charge in [-0.3, -0.25) is 14.2 Å². The maximum atomic E-state index is 13.1. The summed E-state index contributed by atoms with van der Waals surface area (Å²) in [5.74, 6) is -3.16. The van der Waals surface area contributed by atoms with Gasteiger partial charge in [-0.15, -0.1) is 0 Å². The van der Waals surface area contributed by atoms with Crippen molar-refractivity contribution < 1.29 is 33.0 Å². The largest absolute Gasteiger partial charge is 0.506 e. The first kappa shape index (κ1) is 22.8. The van der Waals surface area contributed by atoms with E-state index in [2.05, 4.69) is 10.3 Å². The number of aliphatic carboxylic acids is 1. The average Bonchev–Trinajstić information content (AvgIpc) is 2.70. The number of benzene rings is 1. The number of aromatic nitrogens is 2. The van der Waals surface area contributed by atoms with E-state index in [4.69, 9.17) is 0 Å². The number of rotatable bonds is 5. The second kappa shape index (κ2) is 7.98. The van der Waals surface area contributed by atoms with E-state index in [1.807, 2.05) is 0 Å². The van der Waals surface area contributed by atoms with E-state index in [1.54, 1.807) is 0 Å². The second-order valence-corrected chi connectivity index (χ2v) is 7.57. The van der Waals surface area contributed by atoms with Crippen molar-refractivity contribution >= 4 is 22.9 Å². The standard InChI is InChI=1S/C21H18F3N3O5/c1-20(2,19(31)32)26-17(29)14-15(28)13-4-3-9-25-16(13)27(18(14)30)10-11-5-7-12(8-6-11)21(22,23)24/h3-9,28H,10H2,1-2H3,(H,26,29)(H,31,32). The summed E-state index contributed by atoms with van der Waals surface area (Å²) in [7, 11) is 0. The van der Waals surface area contributed by atoms with E-state index >= 15 is 0 Å². The molecule has 0 bridgehead atoms. The molecule has 0 aliphatic rings. The van der Waals surface area contributed by atoms with Crippen LogP contribution in [0.5, 0.6) is 5.75 Å². The molecule has 3 aromatic rings. The Kier molecular flexibility index (Phi) is 5.69. The van der Waals surface area contributed by atoms with Crippen molar-refractivity contribution in [2.75, 3.05) is 0 Å². The molecule has 1 amide bonds. The first-order valence-electron chi connectivity index (χ1n) is 9.25. The molecule has 0 unspecified atom stereocenters. The number of fused-ring (bicyclic) bond motifs is 1. The molecule has 2 heterocycles. The van der Waals surface area contributed by atoms with Crippen LogP contribution in [-0.4, -0.2) is 37.2 Å². The number of pyridine rings is 2. The van der Waals surface area contributed by atoms with Crippen molar-refractivity contribution in [3.63, 3.8) is 0 Å². The number of hydrogen-bond acceptors (Lipinski definition) is 5. The maximum Gasteiger partial charge on any atom is 0.416 e. The second-order valence-electron chi connectivity index (χ2n) is 7.57. The van der Waals surface area contributed by atoms with Crippen LogP contribution in [0.25, 0.3) is 11.0 Å². The molecule has 8 nitrogen and oxygen atoms in total. The molecule has 0 fully saturated rings. The Hall–Kier alpha value is -3.89. The molecule has 0 saturated heterocycles. The fourth-order valence-electron chi connectivity index (χ4n) is 3.00. The first-order chi connectivity index (χ1) is 14.8. The summed E-state index contributed by atoms with van der Waals surface area (Å²) in [6.45, 7) is 2.16. The van der Waals surface area contributed by atoms with E-state index in [9.17, 15) is 37.8 Å². The number of carbonyl (C=O) groups is 2. The summed E-state index contributed by atoms with van der Waals surface area (Å²) in [4.78, 5) is 41.2. The summed E-state index contributed by atoms with van der Waals surface area (Å²) in [5.41, 5.74) is -3.96. The third-order valence-corrected chi connectivity index (χ3v) is 4.80. The van der Waals surface area contributed by atoms with E-state index in [-0.39, 0.29) is 17.6 Å². The minimum Gasteiger partial charge on any atom is -0.506 e.